The topological polar surface area (TPSA) is 113 Å². The Morgan fingerprint density at radius 2 is 1.42 bits per heavy atom. The van der Waals surface area contributed by atoms with Crippen LogP contribution in [0.1, 0.15) is 39.9 Å². The summed E-state index contributed by atoms with van der Waals surface area (Å²) < 4.78 is 24.4. The van der Waals surface area contributed by atoms with Crippen LogP contribution in [0, 0.1) is 0 Å². The molecular weight excluding hydrogens is 652 g/mol. The Hall–Kier alpha value is -3.83. The Balaban J connectivity index is 1.32. The minimum absolute atomic E-state index is 0.0224. The van der Waals surface area contributed by atoms with E-state index in [1.165, 1.54) is 25.0 Å². The van der Waals surface area contributed by atoms with Gasteiger partial charge in [-0.2, -0.15) is 0 Å². The van der Waals surface area contributed by atoms with Crippen LogP contribution in [0.15, 0.2) is 106 Å². The number of hydrogen-bond donors (Lipinski definition) is 2. The van der Waals surface area contributed by atoms with Crippen LogP contribution in [0.25, 0.3) is 11.1 Å². The van der Waals surface area contributed by atoms with Gasteiger partial charge in [-0.05, 0) is 96.2 Å². The van der Waals surface area contributed by atoms with Gasteiger partial charge in [0, 0.05) is 36.2 Å². The van der Waals surface area contributed by atoms with Gasteiger partial charge in [-0.3, -0.25) is 9.59 Å². The maximum atomic E-state index is 13.6. The number of rotatable bonds is 12. The zero-order chi connectivity index (χ0) is 31.8. The zero-order valence-corrected chi connectivity index (χ0v) is 27.4. The van der Waals surface area contributed by atoms with E-state index in [9.17, 15) is 18.0 Å². The average Bonchev–Trinajstić information content (AvgIpc) is 3.55. The second kappa shape index (κ2) is 15.0. The molecule has 5 rings (SSSR count). The summed E-state index contributed by atoms with van der Waals surface area (Å²) in [5.41, 5.74) is 5.06. The molecule has 45 heavy (non-hydrogen) atoms. The fourth-order valence-corrected chi connectivity index (χ4v) is 6.25. The van der Waals surface area contributed by atoms with Gasteiger partial charge in [0.2, 0.25) is 15.9 Å². The number of nitrogens with zero attached hydrogens (tertiary/aromatic N) is 2. The molecule has 1 aliphatic rings. The lowest BCUT2D eigenvalue weighted by atomic mass is 10.0. The zero-order valence-electron chi connectivity index (χ0n) is 25.0. The van der Waals surface area contributed by atoms with E-state index in [-0.39, 0.29) is 29.7 Å². The normalized spacial score (nSPS) is 13.5. The molecular formula is C35H37BrN4O4S. The van der Waals surface area contributed by atoms with E-state index >= 15 is 0 Å². The molecule has 1 fully saturated rings. The van der Waals surface area contributed by atoms with Crippen LogP contribution in [-0.4, -0.2) is 56.2 Å². The summed E-state index contributed by atoms with van der Waals surface area (Å²) in [6.07, 6.45) is 2.66. The summed E-state index contributed by atoms with van der Waals surface area (Å²) >= 11 is 3.44. The summed E-state index contributed by atoms with van der Waals surface area (Å²) in [6.45, 7) is 4.31. The summed E-state index contributed by atoms with van der Waals surface area (Å²) in [4.78, 5) is 30.7. The van der Waals surface area contributed by atoms with Gasteiger partial charge < -0.3 is 15.1 Å². The number of primary sulfonamides is 1. The summed E-state index contributed by atoms with van der Waals surface area (Å²) in [7, 11) is -3.82. The third-order valence-corrected chi connectivity index (χ3v) is 9.38. The van der Waals surface area contributed by atoms with E-state index in [2.05, 4.69) is 26.1 Å². The third-order valence-electron chi connectivity index (χ3n) is 7.92. The Morgan fingerprint density at radius 1 is 0.800 bits per heavy atom. The van der Waals surface area contributed by atoms with Gasteiger partial charge in [0.25, 0.3) is 5.91 Å². The van der Waals surface area contributed by atoms with E-state index in [1.807, 2.05) is 72.8 Å². The highest BCUT2D eigenvalue weighted by Crippen LogP contribution is 2.24. The van der Waals surface area contributed by atoms with Crippen molar-refractivity contribution in [3.63, 3.8) is 0 Å². The van der Waals surface area contributed by atoms with Gasteiger partial charge in [0.05, 0.1) is 11.3 Å². The third kappa shape index (κ3) is 9.34. The van der Waals surface area contributed by atoms with Crippen molar-refractivity contribution in [3.05, 3.63) is 124 Å². The molecule has 0 atom stereocenters. The van der Waals surface area contributed by atoms with Crippen molar-refractivity contribution in [1.82, 2.24) is 15.1 Å². The molecule has 4 aromatic carbocycles. The minimum atomic E-state index is -3.82. The molecule has 0 aliphatic carbocycles. The van der Waals surface area contributed by atoms with Crippen molar-refractivity contribution in [3.8, 4) is 11.1 Å². The lowest BCUT2D eigenvalue weighted by Gasteiger charge is -2.24. The van der Waals surface area contributed by atoms with Crippen LogP contribution < -0.4 is 10.5 Å². The average molecular weight is 690 g/mol. The second-order valence-electron chi connectivity index (χ2n) is 11.3. The number of benzene rings is 4. The van der Waals surface area contributed by atoms with E-state index in [0.717, 1.165) is 51.9 Å². The second-order valence-corrected chi connectivity index (χ2v) is 13.8. The molecule has 0 spiro atoms. The first-order chi connectivity index (χ1) is 21.6. The standard InChI is InChI=1S/C35H37BrN4O4S/c36-32-13-9-26(10-14-32)22-34(41)40(24-27-11-15-33(16-12-27)45(37,43)44)25-28-5-3-6-29(21-28)30-7-4-8-31(23-30)35(42)38-17-20-39-18-1-2-19-39/h3-16,21,23H,1-2,17-20,22,24-25H2,(H,38,42)(H2,37,43,44). The lowest BCUT2D eigenvalue weighted by Crippen LogP contribution is -2.33. The van der Waals surface area contributed by atoms with Gasteiger partial charge in [-0.25, -0.2) is 13.6 Å². The van der Waals surface area contributed by atoms with E-state index in [1.54, 1.807) is 17.0 Å². The Bertz CT molecular complexity index is 1740. The maximum Gasteiger partial charge on any atom is 0.251 e. The summed E-state index contributed by atoms with van der Waals surface area (Å²) in [5, 5.41) is 8.31. The van der Waals surface area contributed by atoms with Crippen LogP contribution in [0.2, 0.25) is 0 Å². The first kappa shape index (κ1) is 32.6. The number of likely N-dealkylation sites (tertiary alicyclic amines) is 1. The summed E-state index contributed by atoms with van der Waals surface area (Å²) in [6, 6.07) is 29.4. The van der Waals surface area contributed by atoms with Crippen molar-refractivity contribution in [2.45, 2.75) is 37.2 Å². The Kier molecular flexibility index (Phi) is 10.8. The van der Waals surface area contributed by atoms with Gasteiger partial charge in [0.15, 0.2) is 0 Å². The minimum Gasteiger partial charge on any atom is -0.351 e. The van der Waals surface area contributed by atoms with Crippen molar-refractivity contribution in [2.75, 3.05) is 26.2 Å². The molecule has 10 heteroatoms. The number of amides is 2. The monoisotopic (exact) mass is 688 g/mol. The van der Waals surface area contributed by atoms with Gasteiger partial charge in [-0.1, -0.05) is 70.5 Å². The lowest BCUT2D eigenvalue weighted by molar-refractivity contribution is -0.131. The first-order valence-corrected chi connectivity index (χ1v) is 17.3. The van der Waals surface area contributed by atoms with Gasteiger partial charge in [-0.15, -0.1) is 0 Å². The molecule has 1 saturated heterocycles. The molecule has 1 aliphatic heterocycles. The van der Waals surface area contributed by atoms with Gasteiger partial charge in [0.1, 0.15) is 0 Å². The molecule has 0 unspecified atom stereocenters. The molecule has 0 radical (unpaired) electrons. The molecule has 8 nitrogen and oxygen atoms in total. The van der Waals surface area contributed by atoms with Crippen LogP contribution in [-0.2, 0) is 34.3 Å². The molecule has 0 saturated carbocycles. The van der Waals surface area contributed by atoms with E-state index in [4.69, 9.17) is 5.14 Å². The predicted molar refractivity (Wildman–Crippen MR) is 180 cm³/mol. The SMILES string of the molecule is NS(=O)(=O)c1ccc(CN(Cc2cccc(-c3cccc(C(=O)NCCN4CCCC4)c3)c2)C(=O)Cc2ccc(Br)cc2)cc1. The number of sulfonamides is 1. The fourth-order valence-electron chi connectivity index (χ4n) is 5.47. The highest BCUT2D eigenvalue weighted by atomic mass is 79.9. The van der Waals surface area contributed by atoms with Crippen LogP contribution in [0.5, 0.6) is 0 Å². The number of nitrogens with one attached hydrogen (secondary N) is 1. The number of carbonyl (C=O) groups is 2. The Morgan fingerprint density at radius 3 is 2.11 bits per heavy atom. The quantitative estimate of drug-likeness (QED) is 0.208. The molecule has 4 aromatic rings. The van der Waals surface area contributed by atoms with E-state index < -0.39 is 10.0 Å². The molecule has 2 amide bonds. The number of carbonyl (C=O) groups excluding carboxylic acids is 2. The van der Waals surface area contributed by atoms with Crippen LogP contribution in [0.3, 0.4) is 0 Å². The molecule has 3 N–H and O–H groups in total. The van der Waals surface area contributed by atoms with Crippen LogP contribution in [0.4, 0.5) is 0 Å². The molecule has 1 heterocycles. The van der Waals surface area contributed by atoms with Crippen molar-refractivity contribution in [2.24, 2.45) is 5.14 Å². The molecule has 0 aromatic heterocycles. The number of hydrogen-bond acceptors (Lipinski definition) is 5. The molecule has 0 bridgehead atoms. The highest BCUT2D eigenvalue weighted by Gasteiger charge is 2.18. The smallest absolute Gasteiger partial charge is 0.251 e. The largest absolute Gasteiger partial charge is 0.351 e. The Labute approximate surface area is 273 Å². The number of nitrogens with two attached hydrogens (primary N) is 1. The fraction of sp³-hybridized carbons (Fsp3) is 0.257. The van der Waals surface area contributed by atoms with Crippen molar-refractivity contribution < 1.29 is 18.0 Å². The number of halogens is 1. The predicted octanol–water partition coefficient (Wildman–Crippen LogP) is 5.36. The van der Waals surface area contributed by atoms with Crippen molar-refractivity contribution >= 4 is 37.8 Å². The van der Waals surface area contributed by atoms with Gasteiger partial charge >= 0.3 is 0 Å². The van der Waals surface area contributed by atoms with E-state index in [0.29, 0.717) is 18.7 Å². The van der Waals surface area contributed by atoms with Crippen molar-refractivity contribution in [1.29, 1.82) is 0 Å². The first-order valence-electron chi connectivity index (χ1n) is 15.0. The highest BCUT2D eigenvalue weighted by molar-refractivity contribution is 9.10. The maximum absolute atomic E-state index is 13.6. The van der Waals surface area contributed by atoms with Crippen LogP contribution >= 0.6 is 15.9 Å². The summed E-state index contributed by atoms with van der Waals surface area (Å²) in [5.74, 6) is -0.156. The molecule has 234 valence electrons.